The molecule has 0 saturated heterocycles. The van der Waals surface area contributed by atoms with Crippen molar-refractivity contribution < 1.29 is 57.3 Å². The average molecular weight is 363 g/mol. The van der Waals surface area contributed by atoms with Gasteiger partial charge in [0, 0.05) is 0 Å². The summed E-state index contributed by atoms with van der Waals surface area (Å²) >= 11 is 0. The topological polar surface area (TPSA) is 0 Å². The minimum Gasteiger partial charge on any atom is -1.00 e. The summed E-state index contributed by atoms with van der Waals surface area (Å²) in [6.45, 7) is 15.0. The predicted octanol–water partition coefficient (Wildman–Crippen LogP) is 2.70. The van der Waals surface area contributed by atoms with E-state index in [-0.39, 0.29) is 69.8 Å². The summed E-state index contributed by atoms with van der Waals surface area (Å²) in [5, 5.41) is 0. The Morgan fingerprint density at radius 2 is 0.789 bits per heavy atom. The van der Waals surface area contributed by atoms with Crippen molar-refractivity contribution in [3.63, 3.8) is 0 Å². The summed E-state index contributed by atoms with van der Waals surface area (Å²) in [6.07, 6.45) is 11.1. The Kier molecular flexibility index (Phi) is 24.8. The molecule has 114 valence electrons. The summed E-state index contributed by atoms with van der Waals surface area (Å²) in [5.74, 6) is 0. The van der Waals surface area contributed by atoms with Crippen LogP contribution in [0.3, 0.4) is 0 Å². The molecule has 0 bridgehead atoms. The van der Waals surface area contributed by atoms with Crippen molar-refractivity contribution in [2.75, 3.05) is 26.2 Å². The average Bonchev–Trinajstić information content (AvgIpc) is 2.37. The van der Waals surface area contributed by atoms with Crippen LogP contribution in [0.2, 0.25) is 0 Å². The predicted molar refractivity (Wildman–Crippen MR) is 90.8 cm³/mol. The van der Waals surface area contributed by atoms with Crippen LogP contribution in [0.5, 0.6) is 0 Å². The van der Waals surface area contributed by atoms with Crippen molar-refractivity contribution in [1.82, 2.24) is 0 Å². The Morgan fingerprint density at radius 1 is 0.579 bits per heavy atom. The van der Waals surface area contributed by atoms with Crippen molar-refractivity contribution in [2.24, 2.45) is 0 Å². The number of nitrogens with zero attached hydrogens (tertiary/aromatic N) is 1. The first kappa shape index (κ1) is 26.0. The van der Waals surface area contributed by atoms with E-state index in [9.17, 15) is 0 Å². The fraction of sp³-hybridized carbons (Fsp3) is 1.00. The van der Waals surface area contributed by atoms with Crippen molar-refractivity contribution in [3.8, 4) is 0 Å². The summed E-state index contributed by atoms with van der Waals surface area (Å²) in [5.41, 5.74) is 0. The Morgan fingerprint density at radius 3 is 0.947 bits per heavy atom. The number of rotatable bonds is 12. The molecule has 0 radical (unpaired) electrons. The Labute approximate surface area is 177 Å². The van der Waals surface area contributed by atoms with Gasteiger partial charge in [-0.1, -0.05) is 53.4 Å². The molecule has 0 aromatic heterocycles. The molecule has 0 spiro atoms. The van der Waals surface area contributed by atoms with Gasteiger partial charge in [0.2, 0.25) is 0 Å². The van der Waals surface area contributed by atoms with E-state index in [2.05, 4.69) is 27.7 Å². The first-order valence-electron chi connectivity index (χ1n) is 8.09. The van der Waals surface area contributed by atoms with Gasteiger partial charge >= 0.3 is 51.4 Å². The van der Waals surface area contributed by atoms with E-state index < -0.39 is 0 Å². The van der Waals surface area contributed by atoms with E-state index in [1.807, 2.05) is 0 Å². The van der Waals surface area contributed by atoms with Crippen LogP contribution in [0.1, 0.15) is 80.5 Å². The number of hydrogen-bond acceptors (Lipinski definition) is 0. The standard InChI is InChI=1S/C16H36N.BrH.K.H/c1-5-9-13-17(14-10-6-2,15-11-7-3)16-12-8-4;;;/h5-16H2,1-4H3;1H;;/q+1;;+1;-1. The van der Waals surface area contributed by atoms with Gasteiger partial charge in [0.05, 0.1) is 26.2 Å². The third-order valence-corrected chi connectivity index (χ3v) is 3.94. The quantitative estimate of drug-likeness (QED) is 0.369. The molecule has 0 unspecified atom stereocenters. The van der Waals surface area contributed by atoms with Crippen LogP contribution in [-0.2, 0) is 0 Å². The molecule has 0 amide bonds. The molecule has 0 aromatic rings. The maximum Gasteiger partial charge on any atom is 1.00 e. The molecule has 19 heavy (non-hydrogen) atoms. The van der Waals surface area contributed by atoms with Gasteiger partial charge in [0.1, 0.15) is 0 Å². The largest absolute Gasteiger partial charge is 1.00 e. The number of quaternary nitrogens is 1. The minimum atomic E-state index is 0. The van der Waals surface area contributed by atoms with Crippen LogP contribution in [0.25, 0.3) is 0 Å². The minimum absolute atomic E-state index is 0. The second-order valence-electron chi connectivity index (χ2n) is 5.65. The number of unbranched alkanes of at least 4 members (excludes halogenated alkanes) is 4. The molecule has 0 atom stereocenters. The van der Waals surface area contributed by atoms with Gasteiger partial charge < -0.3 is 5.91 Å². The maximum absolute atomic E-state index is 2.33. The zero-order valence-corrected chi connectivity index (χ0v) is 19.2. The molecular formula is C16H38BrKN+. The van der Waals surface area contributed by atoms with Gasteiger partial charge in [-0.2, -0.15) is 0 Å². The molecule has 0 aromatic carbocycles. The van der Waals surface area contributed by atoms with E-state index in [0.29, 0.717) is 0 Å². The fourth-order valence-corrected chi connectivity index (χ4v) is 2.64. The van der Waals surface area contributed by atoms with Crippen LogP contribution >= 0.6 is 17.0 Å². The van der Waals surface area contributed by atoms with Gasteiger partial charge in [-0.15, -0.1) is 17.0 Å². The third kappa shape index (κ3) is 13.5. The van der Waals surface area contributed by atoms with E-state index in [1.165, 1.54) is 82.0 Å². The molecule has 0 aliphatic heterocycles. The molecule has 0 aliphatic rings. The Balaban J connectivity index is -0.000000427. The van der Waals surface area contributed by atoms with Gasteiger partial charge in [0.15, 0.2) is 0 Å². The SMILES string of the molecule is Br.CCCC[N+](CCCC)(CCCC)CCCC.[H-].[K+]. The van der Waals surface area contributed by atoms with Crippen LogP contribution in [0, 0.1) is 0 Å². The molecule has 0 N–H and O–H groups in total. The molecule has 0 fully saturated rings. The summed E-state index contributed by atoms with van der Waals surface area (Å²) < 4.78 is 1.42. The van der Waals surface area contributed by atoms with E-state index >= 15 is 0 Å². The third-order valence-electron chi connectivity index (χ3n) is 3.94. The van der Waals surface area contributed by atoms with Crippen LogP contribution in [0.15, 0.2) is 0 Å². The van der Waals surface area contributed by atoms with Crippen molar-refractivity contribution in [2.45, 2.75) is 79.1 Å². The van der Waals surface area contributed by atoms with Gasteiger partial charge in [0.25, 0.3) is 0 Å². The molecule has 0 saturated carbocycles. The van der Waals surface area contributed by atoms with Crippen LogP contribution < -0.4 is 51.4 Å². The molecular weight excluding hydrogens is 325 g/mol. The van der Waals surface area contributed by atoms with Crippen LogP contribution in [0.4, 0.5) is 0 Å². The van der Waals surface area contributed by atoms with E-state index in [1.54, 1.807) is 0 Å². The van der Waals surface area contributed by atoms with E-state index in [4.69, 9.17) is 0 Å². The number of halogens is 1. The van der Waals surface area contributed by atoms with Gasteiger partial charge in [-0.05, 0) is 25.7 Å². The fourth-order valence-electron chi connectivity index (χ4n) is 2.64. The first-order valence-corrected chi connectivity index (χ1v) is 8.09. The molecule has 0 rings (SSSR count). The maximum atomic E-state index is 2.33. The second-order valence-corrected chi connectivity index (χ2v) is 5.65. The second kappa shape index (κ2) is 18.1. The first-order chi connectivity index (χ1) is 8.24. The van der Waals surface area contributed by atoms with Crippen molar-refractivity contribution in [3.05, 3.63) is 0 Å². The van der Waals surface area contributed by atoms with Gasteiger partial charge in [-0.25, -0.2) is 0 Å². The Hall–Kier alpha value is 2.08. The zero-order valence-electron chi connectivity index (χ0n) is 15.3. The van der Waals surface area contributed by atoms with Crippen molar-refractivity contribution >= 4 is 17.0 Å². The molecule has 3 heteroatoms. The smallest absolute Gasteiger partial charge is 1.00 e. The summed E-state index contributed by atoms with van der Waals surface area (Å²) in [6, 6.07) is 0. The molecule has 1 nitrogen and oxygen atoms in total. The van der Waals surface area contributed by atoms with E-state index in [0.717, 1.165) is 0 Å². The van der Waals surface area contributed by atoms with Crippen molar-refractivity contribution in [1.29, 1.82) is 0 Å². The normalized spacial score (nSPS) is 10.7. The van der Waals surface area contributed by atoms with Gasteiger partial charge in [-0.3, -0.25) is 0 Å². The molecule has 0 heterocycles. The summed E-state index contributed by atoms with van der Waals surface area (Å²) in [7, 11) is 0. The monoisotopic (exact) mass is 362 g/mol. The Bertz CT molecular complexity index is 133. The zero-order chi connectivity index (χ0) is 13.0. The number of hydrogen-bond donors (Lipinski definition) is 0. The summed E-state index contributed by atoms with van der Waals surface area (Å²) in [4.78, 5) is 0. The van der Waals surface area contributed by atoms with Crippen LogP contribution in [-0.4, -0.2) is 30.7 Å². The molecule has 0 aliphatic carbocycles.